The van der Waals surface area contributed by atoms with Gasteiger partial charge in [0, 0.05) is 18.5 Å². The van der Waals surface area contributed by atoms with Crippen molar-refractivity contribution in [3.05, 3.63) is 40.2 Å². The maximum Gasteiger partial charge on any atom is 0.357 e. The standard InChI is InChI=1S/C29H40N2O6/c1-15-13-28-17(3)11-16(2)27(4,5)20(24(28)34)12-18(14-32)23(33)29(28,36)25(15)37-26(35)22-19-9-7-8-10-21(19)30-31(22)6/h12-13,16-17,20,23,25,32-33,36H,7-11,14H2,1-6H3/t16-,17?,20+,23+,25-,28?,29-/m0/s1. The van der Waals surface area contributed by atoms with Crippen LogP contribution in [0.5, 0.6) is 0 Å². The molecule has 1 fully saturated rings. The van der Waals surface area contributed by atoms with Gasteiger partial charge in [-0.05, 0) is 67.4 Å². The first-order chi connectivity index (χ1) is 17.3. The van der Waals surface area contributed by atoms with Crippen molar-refractivity contribution in [3.8, 4) is 0 Å². The summed E-state index contributed by atoms with van der Waals surface area (Å²) in [4.78, 5) is 28.2. The summed E-state index contributed by atoms with van der Waals surface area (Å²) >= 11 is 0. The second-order valence-corrected chi connectivity index (χ2v) is 12.5. The number of aliphatic hydroxyl groups is 3. The van der Waals surface area contributed by atoms with Crippen LogP contribution in [0.2, 0.25) is 0 Å². The predicted octanol–water partition coefficient (Wildman–Crippen LogP) is 2.68. The largest absolute Gasteiger partial charge is 0.450 e. The van der Waals surface area contributed by atoms with Gasteiger partial charge >= 0.3 is 5.97 Å². The molecule has 5 rings (SSSR count). The first-order valence-electron chi connectivity index (χ1n) is 13.5. The third kappa shape index (κ3) is 3.34. The van der Waals surface area contributed by atoms with E-state index in [0.29, 0.717) is 17.7 Å². The average molecular weight is 513 g/mol. The van der Waals surface area contributed by atoms with Crippen molar-refractivity contribution in [1.29, 1.82) is 0 Å². The fraction of sp³-hybridized carbons (Fsp3) is 0.690. The summed E-state index contributed by atoms with van der Waals surface area (Å²) in [6.45, 7) is 9.32. The molecule has 1 aromatic heterocycles. The lowest BCUT2D eigenvalue weighted by Crippen LogP contribution is -2.65. The molecule has 7 atom stereocenters. The molecule has 4 aliphatic rings. The predicted molar refractivity (Wildman–Crippen MR) is 137 cm³/mol. The third-order valence-electron chi connectivity index (χ3n) is 10.2. The number of ketones is 1. The van der Waals surface area contributed by atoms with Crippen LogP contribution in [0.3, 0.4) is 0 Å². The zero-order valence-electron chi connectivity index (χ0n) is 22.7. The summed E-state index contributed by atoms with van der Waals surface area (Å²) in [5, 5.41) is 39.1. The second kappa shape index (κ2) is 8.61. The smallest absolute Gasteiger partial charge is 0.357 e. The highest BCUT2D eigenvalue weighted by Crippen LogP contribution is 2.62. The van der Waals surface area contributed by atoms with Crippen molar-refractivity contribution in [2.45, 2.75) is 84.5 Å². The van der Waals surface area contributed by atoms with E-state index in [-0.39, 0.29) is 23.2 Å². The molecule has 1 heterocycles. The molecule has 0 aromatic carbocycles. The van der Waals surface area contributed by atoms with Gasteiger partial charge in [0.15, 0.2) is 17.5 Å². The Labute approximate surface area is 218 Å². The molecule has 8 nitrogen and oxygen atoms in total. The lowest BCUT2D eigenvalue weighted by Gasteiger charge is -2.48. The summed E-state index contributed by atoms with van der Waals surface area (Å²) in [6.07, 6.45) is 4.69. The molecular formula is C29H40N2O6. The Morgan fingerprint density at radius 1 is 1.22 bits per heavy atom. The molecule has 2 bridgehead atoms. The fourth-order valence-electron chi connectivity index (χ4n) is 7.75. The van der Waals surface area contributed by atoms with Gasteiger partial charge in [-0.15, -0.1) is 0 Å². The van der Waals surface area contributed by atoms with Crippen LogP contribution in [0.1, 0.15) is 75.6 Å². The Morgan fingerprint density at radius 3 is 2.57 bits per heavy atom. The van der Waals surface area contributed by atoms with Gasteiger partial charge < -0.3 is 20.1 Å². The van der Waals surface area contributed by atoms with E-state index in [0.717, 1.165) is 36.9 Å². The van der Waals surface area contributed by atoms with Crippen LogP contribution in [0.15, 0.2) is 23.3 Å². The first kappa shape index (κ1) is 26.3. The van der Waals surface area contributed by atoms with E-state index >= 15 is 0 Å². The number of carbonyl (C=O) groups excluding carboxylic acids is 2. The molecule has 1 saturated carbocycles. The van der Waals surface area contributed by atoms with Gasteiger partial charge in [-0.2, -0.15) is 5.10 Å². The van der Waals surface area contributed by atoms with Gasteiger partial charge in [0.2, 0.25) is 0 Å². The zero-order valence-corrected chi connectivity index (χ0v) is 22.7. The normalized spacial score (nSPS) is 38.6. The van der Waals surface area contributed by atoms with Crippen LogP contribution in [-0.4, -0.2) is 61.3 Å². The summed E-state index contributed by atoms with van der Waals surface area (Å²) < 4.78 is 7.61. The van der Waals surface area contributed by atoms with Gasteiger partial charge in [0.05, 0.1) is 17.7 Å². The number of esters is 1. The first-order valence-corrected chi connectivity index (χ1v) is 13.5. The van der Waals surface area contributed by atoms with Gasteiger partial charge in [0.1, 0.15) is 11.8 Å². The highest BCUT2D eigenvalue weighted by molar-refractivity contribution is 5.96. The SMILES string of the molecule is CC1=CC23C(=O)[C@@H](C=C(CO)[C@@H](O)[C@]2(O)[C@H]1OC(=O)c1c2c(nn1C)CCCC2)C(C)(C)[C@@H](C)CC3C. The van der Waals surface area contributed by atoms with Crippen LogP contribution in [0.25, 0.3) is 0 Å². The van der Waals surface area contributed by atoms with E-state index in [9.17, 15) is 24.9 Å². The summed E-state index contributed by atoms with van der Waals surface area (Å²) in [7, 11) is 1.71. The van der Waals surface area contributed by atoms with E-state index in [4.69, 9.17) is 4.74 Å². The lowest BCUT2D eigenvalue weighted by atomic mass is 9.59. The number of fused-ring (bicyclic) bond motifs is 2. The molecule has 1 spiro atoms. The summed E-state index contributed by atoms with van der Waals surface area (Å²) in [5.41, 5.74) is -1.30. The molecule has 2 unspecified atom stereocenters. The molecule has 4 aliphatic carbocycles. The number of hydrogen-bond donors (Lipinski definition) is 3. The van der Waals surface area contributed by atoms with Crippen LogP contribution in [0.4, 0.5) is 0 Å². The molecule has 8 heteroatoms. The molecule has 0 radical (unpaired) electrons. The van der Waals surface area contributed by atoms with Crippen LogP contribution < -0.4 is 0 Å². The molecular weight excluding hydrogens is 472 g/mol. The van der Waals surface area contributed by atoms with Crippen molar-refractivity contribution < 1.29 is 29.6 Å². The Kier molecular flexibility index (Phi) is 6.13. The van der Waals surface area contributed by atoms with Crippen LogP contribution in [0, 0.1) is 28.6 Å². The zero-order chi connectivity index (χ0) is 27.1. The minimum Gasteiger partial charge on any atom is -0.450 e. The number of Topliss-reactive ketones (excluding diaryl/α,β-unsaturated/α-hetero) is 1. The third-order valence-corrected chi connectivity index (χ3v) is 10.2. The second-order valence-electron chi connectivity index (χ2n) is 12.5. The van der Waals surface area contributed by atoms with E-state index in [2.05, 4.69) is 12.0 Å². The molecule has 3 N–H and O–H groups in total. The molecule has 1 aromatic rings. The van der Waals surface area contributed by atoms with E-state index < -0.39 is 47.1 Å². The summed E-state index contributed by atoms with van der Waals surface area (Å²) in [6, 6.07) is 0. The lowest BCUT2D eigenvalue weighted by molar-refractivity contribution is -0.190. The Morgan fingerprint density at radius 2 is 1.89 bits per heavy atom. The van der Waals surface area contributed by atoms with E-state index in [1.807, 2.05) is 20.8 Å². The Balaban J connectivity index is 1.64. The molecule has 0 amide bonds. The van der Waals surface area contributed by atoms with Gasteiger partial charge in [-0.1, -0.05) is 39.8 Å². The summed E-state index contributed by atoms with van der Waals surface area (Å²) in [5.74, 6) is -1.67. The van der Waals surface area contributed by atoms with Crippen molar-refractivity contribution in [2.24, 2.45) is 35.6 Å². The highest BCUT2D eigenvalue weighted by Gasteiger charge is 2.73. The minimum atomic E-state index is -2.16. The number of aromatic nitrogens is 2. The van der Waals surface area contributed by atoms with E-state index in [1.165, 1.54) is 4.68 Å². The maximum absolute atomic E-state index is 14.5. The number of allylic oxidation sites excluding steroid dienone is 1. The topological polar surface area (TPSA) is 122 Å². The Hall–Kier alpha value is -2.29. The monoisotopic (exact) mass is 512 g/mol. The van der Waals surface area contributed by atoms with Crippen LogP contribution in [-0.2, 0) is 29.4 Å². The van der Waals surface area contributed by atoms with Crippen molar-refractivity contribution >= 4 is 11.8 Å². The molecule has 0 saturated heterocycles. The molecule has 202 valence electrons. The number of aliphatic hydroxyl groups excluding tert-OH is 2. The van der Waals surface area contributed by atoms with Gasteiger partial charge in [-0.25, -0.2) is 4.79 Å². The van der Waals surface area contributed by atoms with Crippen molar-refractivity contribution in [3.63, 3.8) is 0 Å². The van der Waals surface area contributed by atoms with Gasteiger partial charge in [0.25, 0.3) is 0 Å². The number of rotatable bonds is 3. The molecule has 0 aliphatic heterocycles. The number of aryl methyl sites for hydroxylation is 2. The number of ether oxygens (including phenoxy) is 1. The van der Waals surface area contributed by atoms with Crippen molar-refractivity contribution in [2.75, 3.05) is 6.61 Å². The highest BCUT2D eigenvalue weighted by atomic mass is 16.6. The van der Waals surface area contributed by atoms with Crippen LogP contribution >= 0.6 is 0 Å². The average Bonchev–Trinajstić information content (AvgIpc) is 3.26. The van der Waals surface area contributed by atoms with Gasteiger partial charge in [-0.3, -0.25) is 9.48 Å². The number of hydrogen-bond acceptors (Lipinski definition) is 7. The minimum absolute atomic E-state index is 0.128. The van der Waals surface area contributed by atoms with E-state index in [1.54, 1.807) is 26.1 Å². The Bertz CT molecular complexity index is 1210. The quantitative estimate of drug-likeness (QED) is 0.420. The number of carbonyl (C=O) groups is 2. The molecule has 37 heavy (non-hydrogen) atoms. The fourth-order valence-corrected chi connectivity index (χ4v) is 7.75. The van der Waals surface area contributed by atoms with Crippen molar-refractivity contribution in [1.82, 2.24) is 9.78 Å². The number of nitrogens with zero attached hydrogens (tertiary/aromatic N) is 2. The maximum atomic E-state index is 14.5.